The lowest BCUT2D eigenvalue weighted by atomic mass is 10.2. The first-order valence-electron chi connectivity index (χ1n) is 4.81. The van der Waals surface area contributed by atoms with Crippen molar-refractivity contribution in [3.8, 4) is 11.8 Å². The van der Waals surface area contributed by atoms with Gasteiger partial charge in [-0.1, -0.05) is 0 Å². The summed E-state index contributed by atoms with van der Waals surface area (Å²) in [7, 11) is 0. The largest absolute Gasteiger partial charge is 0.424 e. The van der Waals surface area contributed by atoms with Crippen molar-refractivity contribution in [2.75, 3.05) is 0 Å². The molecule has 0 aliphatic rings. The second-order valence-electron chi connectivity index (χ2n) is 3.29. The van der Waals surface area contributed by atoms with Crippen LogP contribution in [0.1, 0.15) is 10.4 Å². The zero-order chi connectivity index (χ0) is 13.1. The summed E-state index contributed by atoms with van der Waals surface area (Å²) in [5, 5.41) is 0. The van der Waals surface area contributed by atoms with Crippen LogP contribution in [0.25, 0.3) is 0 Å². The van der Waals surface area contributed by atoms with E-state index in [0.717, 1.165) is 9.64 Å². The van der Waals surface area contributed by atoms with E-state index in [1.54, 1.807) is 12.4 Å². The van der Waals surface area contributed by atoms with Crippen LogP contribution in [0.15, 0.2) is 30.6 Å². The number of carbonyl (C=O) groups excluding carboxylic acids is 1. The number of hydrogen-bond donors (Lipinski definition) is 1. The molecule has 2 rings (SSSR count). The normalized spacial score (nSPS) is 10.1. The summed E-state index contributed by atoms with van der Waals surface area (Å²) in [6.45, 7) is 0. The molecule has 18 heavy (non-hydrogen) atoms. The predicted octanol–water partition coefficient (Wildman–Crippen LogP) is 2.11. The molecule has 1 amide bonds. The molecule has 0 atom stereocenters. The van der Waals surface area contributed by atoms with E-state index in [1.165, 1.54) is 12.1 Å². The third-order valence-electron chi connectivity index (χ3n) is 2.01. The molecule has 1 heterocycles. The van der Waals surface area contributed by atoms with Crippen LogP contribution in [0.5, 0.6) is 11.8 Å². The molecule has 0 radical (unpaired) electrons. The Balaban J connectivity index is 2.22. The number of hydrogen-bond acceptors (Lipinski definition) is 4. The van der Waals surface area contributed by atoms with Crippen molar-refractivity contribution in [3.05, 3.63) is 45.5 Å². The van der Waals surface area contributed by atoms with Gasteiger partial charge in [0.2, 0.25) is 0 Å². The minimum atomic E-state index is -0.829. The minimum absolute atomic E-state index is 0.0987. The van der Waals surface area contributed by atoms with Crippen LogP contribution in [-0.4, -0.2) is 15.9 Å². The standard InChI is InChI=1S/C11H7FIN3O2/c12-9-3-7(1-2-8(9)10(14)17)18-11-15-4-6(13)5-16-11/h1-5H,(H2,14,17). The van der Waals surface area contributed by atoms with E-state index in [-0.39, 0.29) is 17.3 Å². The number of nitrogens with two attached hydrogens (primary N) is 1. The molecule has 7 heteroatoms. The maximum atomic E-state index is 13.4. The highest BCUT2D eigenvalue weighted by atomic mass is 127. The summed E-state index contributed by atoms with van der Waals surface area (Å²) < 4.78 is 19.5. The maximum absolute atomic E-state index is 13.4. The highest BCUT2D eigenvalue weighted by molar-refractivity contribution is 14.1. The first kappa shape index (κ1) is 12.7. The van der Waals surface area contributed by atoms with Crippen LogP contribution in [0, 0.1) is 9.39 Å². The summed E-state index contributed by atoms with van der Waals surface area (Å²) >= 11 is 2.05. The van der Waals surface area contributed by atoms with Gasteiger partial charge in [-0.25, -0.2) is 14.4 Å². The highest BCUT2D eigenvalue weighted by Gasteiger charge is 2.10. The van der Waals surface area contributed by atoms with Crippen LogP contribution in [0.2, 0.25) is 0 Å². The summed E-state index contributed by atoms with van der Waals surface area (Å²) in [6, 6.07) is 3.83. The number of benzene rings is 1. The topological polar surface area (TPSA) is 78.1 Å². The van der Waals surface area contributed by atoms with Gasteiger partial charge in [-0.2, -0.15) is 0 Å². The fourth-order valence-electron chi connectivity index (χ4n) is 1.22. The van der Waals surface area contributed by atoms with Gasteiger partial charge in [-0.3, -0.25) is 4.79 Å². The van der Waals surface area contributed by atoms with Gasteiger partial charge in [0.05, 0.1) is 5.56 Å². The Labute approximate surface area is 115 Å². The first-order chi connectivity index (χ1) is 8.56. The Kier molecular flexibility index (Phi) is 3.70. The Hall–Kier alpha value is -1.77. The molecule has 0 aliphatic heterocycles. The van der Waals surface area contributed by atoms with Crippen LogP contribution >= 0.6 is 22.6 Å². The Bertz CT molecular complexity index is 589. The zero-order valence-corrected chi connectivity index (χ0v) is 11.1. The molecule has 0 fully saturated rings. The van der Waals surface area contributed by atoms with Crippen LogP contribution in [0.4, 0.5) is 4.39 Å². The van der Waals surface area contributed by atoms with Crippen LogP contribution < -0.4 is 10.5 Å². The van der Waals surface area contributed by atoms with Gasteiger partial charge in [-0.05, 0) is 34.7 Å². The van der Waals surface area contributed by atoms with E-state index in [1.807, 2.05) is 0 Å². The molecule has 0 bridgehead atoms. The fraction of sp³-hybridized carbons (Fsp3) is 0. The smallest absolute Gasteiger partial charge is 0.321 e. The van der Waals surface area contributed by atoms with Crippen molar-refractivity contribution >= 4 is 28.5 Å². The number of carbonyl (C=O) groups is 1. The van der Waals surface area contributed by atoms with Gasteiger partial charge in [0.1, 0.15) is 11.6 Å². The molecule has 1 aromatic carbocycles. The fourth-order valence-corrected chi connectivity index (χ4v) is 1.50. The van der Waals surface area contributed by atoms with Gasteiger partial charge in [0.15, 0.2) is 0 Å². The molecule has 1 aromatic heterocycles. The van der Waals surface area contributed by atoms with E-state index in [2.05, 4.69) is 32.6 Å². The quantitative estimate of drug-likeness (QED) is 0.852. The van der Waals surface area contributed by atoms with E-state index >= 15 is 0 Å². The predicted molar refractivity (Wildman–Crippen MR) is 69.7 cm³/mol. The van der Waals surface area contributed by atoms with Crippen LogP contribution in [0.3, 0.4) is 0 Å². The molecule has 0 spiro atoms. The summed E-state index contributed by atoms with van der Waals surface area (Å²) in [5.41, 5.74) is 4.80. The summed E-state index contributed by atoms with van der Waals surface area (Å²) in [4.78, 5) is 18.7. The van der Waals surface area contributed by atoms with Crippen molar-refractivity contribution in [1.82, 2.24) is 9.97 Å². The molecule has 0 unspecified atom stereocenters. The average Bonchev–Trinajstić information content (AvgIpc) is 2.32. The monoisotopic (exact) mass is 359 g/mol. The average molecular weight is 359 g/mol. The van der Waals surface area contributed by atoms with E-state index < -0.39 is 11.7 Å². The maximum Gasteiger partial charge on any atom is 0.321 e. The number of aromatic nitrogens is 2. The van der Waals surface area contributed by atoms with Crippen molar-refractivity contribution < 1.29 is 13.9 Å². The summed E-state index contributed by atoms with van der Waals surface area (Å²) in [5.74, 6) is -1.38. The molecular weight excluding hydrogens is 352 g/mol. The van der Waals surface area contributed by atoms with Crippen LogP contribution in [-0.2, 0) is 0 Å². The van der Waals surface area contributed by atoms with Crippen molar-refractivity contribution in [2.24, 2.45) is 5.73 Å². The lowest BCUT2D eigenvalue weighted by Gasteiger charge is -2.04. The second-order valence-corrected chi connectivity index (χ2v) is 4.54. The number of amides is 1. The molecule has 92 valence electrons. The lowest BCUT2D eigenvalue weighted by Crippen LogP contribution is -2.12. The van der Waals surface area contributed by atoms with E-state index in [4.69, 9.17) is 10.5 Å². The number of nitrogens with zero attached hydrogens (tertiary/aromatic N) is 2. The molecule has 5 nitrogen and oxygen atoms in total. The molecule has 2 aromatic rings. The highest BCUT2D eigenvalue weighted by Crippen LogP contribution is 2.20. The van der Waals surface area contributed by atoms with Crippen molar-refractivity contribution in [3.63, 3.8) is 0 Å². The molecule has 2 N–H and O–H groups in total. The third kappa shape index (κ3) is 2.92. The Morgan fingerprint density at radius 2 is 2.00 bits per heavy atom. The van der Waals surface area contributed by atoms with E-state index in [9.17, 15) is 9.18 Å². The molecular formula is C11H7FIN3O2. The van der Waals surface area contributed by atoms with Gasteiger partial charge < -0.3 is 10.5 Å². The molecule has 0 saturated heterocycles. The number of halogens is 2. The van der Waals surface area contributed by atoms with Crippen molar-refractivity contribution in [2.45, 2.75) is 0 Å². The van der Waals surface area contributed by atoms with Gasteiger partial charge in [0.25, 0.3) is 5.91 Å². The Morgan fingerprint density at radius 3 is 2.56 bits per heavy atom. The van der Waals surface area contributed by atoms with Crippen molar-refractivity contribution in [1.29, 1.82) is 0 Å². The SMILES string of the molecule is NC(=O)c1ccc(Oc2ncc(I)cn2)cc1F. The molecule has 0 aliphatic carbocycles. The third-order valence-corrected chi connectivity index (χ3v) is 2.57. The number of rotatable bonds is 3. The summed E-state index contributed by atoms with van der Waals surface area (Å²) in [6.07, 6.45) is 3.13. The molecule has 0 saturated carbocycles. The zero-order valence-electron chi connectivity index (χ0n) is 8.93. The van der Waals surface area contributed by atoms with Gasteiger partial charge >= 0.3 is 6.01 Å². The number of primary amides is 1. The lowest BCUT2D eigenvalue weighted by molar-refractivity contribution is 0.0996. The van der Waals surface area contributed by atoms with Gasteiger partial charge in [0, 0.05) is 22.0 Å². The Morgan fingerprint density at radius 1 is 1.33 bits per heavy atom. The van der Waals surface area contributed by atoms with E-state index in [0.29, 0.717) is 0 Å². The first-order valence-corrected chi connectivity index (χ1v) is 5.89. The second kappa shape index (κ2) is 5.25. The minimum Gasteiger partial charge on any atom is -0.424 e. The number of ether oxygens (including phenoxy) is 1. The van der Waals surface area contributed by atoms with Gasteiger partial charge in [-0.15, -0.1) is 0 Å².